The molecule has 0 unspecified atom stereocenters. The van der Waals surface area contributed by atoms with Crippen LogP contribution in [-0.4, -0.2) is 31.9 Å². The second-order valence-corrected chi connectivity index (χ2v) is 8.25. The van der Waals surface area contributed by atoms with Gasteiger partial charge < -0.3 is 4.42 Å². The largest absolute Gasteiger partial charge is 0.457 e. The average Bonchev–Trinajstić information content (AvgIpc) is 3.40. The maximum atomic E-state index is 12.6. The van der Waals surface area contributed by atoms with Crippen molar-refractivity contribution < 1.29 is 9.21 Å². The number of pyridine rings is 1. The number of amides is 1. The quantitative estimate of drug-likeness (QED) is 0.548. The SMILES string of the molecule is N=C1C(=Cc2ccc(-c3ccc(Br)cc3)o2)C(=O)N=C2SC(c3cccnc3)=NN12. The fourth-order valence-electron chi connectivity index (χ4n) is 2.94. The van der Waals surface area contributed by atoms with Gasteiger partial charge in [0.2, 0.25) is 5.17 Å². The molecular weight excluding hydrogens is 466 g/mol. The molecule has 0 bridgehead atoms. The highest BCUT2D eigenvalue weighted by Crippen LogP contribution is 2.31. The number of thioether (sulfide) groups is 1. The Balaban J connectivity index is 1.44. The number of benzene rings is 1. The van der Waals surface area contributed by atoms with Crippen LogP contribution in [0.4, 0.5) is 0 Å². The predicted octanol–water partition coefficient (Wildman–Crippen LogP) is 4.77. The van der Waals surface area contributed by atoms with Gasteiger partial charge in [0.05, 0.1) is 5.57 Å². The van der Waals surface area contributed by atoms with E-state index >= 15 is 0 Å². The summed E-state index contributed by atoms with van der Waals surface area (Å²) in [6.07, 6.45) is 4.88. The van der Waals surface area contributed by atoms with Gasteiger partial charge in [-0.05, 0) is 54.2 Å². The Morgan fingerprint density at radius 1 is 1.10 bits per heavy atom. The molecule has 4 heterocycles. The minimum atomic E-state index is -0.497. The molecular formula is C21H12BrN5O2S. The van der Waals surface area contributed by atoms with Gasteiger partial charge in [-0.25, -0.2) is 0 Å². The van der Waals surface area contributed by atoms with Crippen molar-refractivity contribution in [3.63, 3.8) is 0 Å². The number of halogens is 1. The highest BCUT2D eigenvalue weighted by atomic mass is 79.9. The fourth-order valence-corrected chi connectivity index (χ4v) is 4.09. The number of carbonyl (C=O) groups excluding carboxylic acids is 1. The minimum Gasteiger partial charge on any atom is -0.457 e. The van der Waals surface area contributed by atoms with Crippen LogP contribution in [0.15, 0.2) is 85.5 Å². The summed E-state index contributed by atoms with van der Waals surface area (Å²) in [5.41, 5.74) is 1.83. The lowest BCUT2D eigenvalue weighted by Gasteiger charge is -2.19. The molecule has 2 aliphatic heterocycles. The maximum Gasteiger partial charge on any atom is 0.283 e. The molecule has 0 radical (unpaired) electrons. The second-order valence-electron chi connectivity index (χ2n) is 6.38. The molecule has 5 rings (SSSR count). The van der Waals surface area contributed by atoms with E-state index in [9.17, 15) is 4.79 Å². The van der Waals surface area contributed by atoms with Crippen LogP contribution in [0, 0.1) is 5.41 Å². The molecule has 0 atom stereocenters. The van der Waals surface area contributed by atoms with E-state index in [1.165, 1.54) is 22.8 Å². The molecule has 146 valence electrons. The average molecular weight is 478 g/mol. The molecule has 30 heavy (non-hydrogen) atoms. The number of rotatable bonds is 3. The topological polar surface area (TPSA) is 94.9 Å². The standard InChI is InChI=1S/C21H12BrN5O2S/c22-14-5-3-12(4-6-14)17-8-7-15(29-17)10-16-18(23)27-21(25-19(16)28)30-20(26-27)13-2-1-9-24-11-13/h1-11,23H. The number of hydrogen-bond acceptors (Lipinski definition) is 6. The smallest absolute Gasteiger partial charge is 0.283 e. The summed E-state index contributed by atoms with van der Waals surface area (Å²) in [7, 11) is 0. The van der Waals surface area contributed by atoms with E-state index in [1.807, 2.05) is 36.4 Å². The van der Waals surface area contributed by atoms with Gasteiger partial charge in [0.25, 0.3) is 5.91 Å². The molecule has 0 saturated carbocycles. The van der Waals surface area contributed by atoms with E-state index in [-0.39, 0.29) is 11.4 Å². The summed E-state index contributed by atoms with van der Waals surface area (Å²) >= 11 is 4.65. The van der Waals surface area contributed by atoms with Gasteiger partial charge >= 0.3 is 0 Å². The first-order valence-electron chi connectivity index (χ1n) is 8.85. The molecule has 1 N–H and O–H groups in total. The Morgan fingerprint density at radius 3 is 2.70 bits per heavy atom. The molecule has 2 aromatic heterocycles. The van der Waals surface area contributed by atoms with Gasteiger partial charge in [0.1, 0.15) is 16.6 Å². The zero-order valence-electron chi connectivity index (χ0n) is 15.2. The Labute approximate surface area is 183 Å². The predicted molar refractivity (Wildman–Crippen MR) is 120 cm³/mol. The maximum absolute atomic E-state index is 12.6. The highest BCUT2D eigenvalue weighted by molar-refractivity contribution is 9.10. The second kappa shape index (κ2) is 7.51. The third-order valence-electron chi connectivity index (χ3n) is 4.41. The van der Waals surface area contributed by atoms with Crippen LogP contribution in [0.3, 0.4) is 0 Å². The number of aromatic nitrogens is 1. The van der Waals surface area contributed by atoms with Crippen LogP contribution >= 0.6 is 27.7 Å². The van der Waals surface area contributed by atoms with Gasteiger partial charge in [0, 0.05) is 28.0 Å². The van der Waals surface area contributed by atoms with Crippen LogP contribution < -0.4 is 0 Å². The van der Waals surface area contributed by atoms with Crippen LogP contribution in [0.5, 0.6) is 0 Å². The molecule has 1 aromatic carbocycles. The molecule has 1 amide bonds. The van der Waals surface area contributed by atoms with Crippen molar-refractivity contribution in [2.75, 3.05) is 0 Å². The first kappa shape index (κ1) is 18.7. The number of carbonyl (C=O) groups is 1. The van der Waals surface area contributed by atoms with Gasteiger partial charge in [-0.2, -0.15) is 15.1 Å². The summed E-state index contributed by atoms with van der Waals surface area (Å²) < 4.78 is 6.83. The van der Waals surface area contributed by atoms with Crippen molar-refractivity contribution in [3.05, 3.63) is 82.3 Å². The van der Waals surface area contributed by atoms with E-state index in [1.54, 1.807) is 24.5 Å². The van der Waals surface area contributed by atoms with Crippen molar-refractivity contribution in [2.24, 2.45) is 10.1 Å². The minimum absolute atomic E-state index is 0.0435. The number of aliphatic imine (C=N–C) groups is 1. The number of hydrazone groups is 1. The Morgan fingerprint density at radius 2 is 1.93 bits per heavy atom. The number of fused-ring (bicyclic) bond motifs is 1. The van der Waals surface area contributed by atoms with E-state index in [0.29, 0.717) is 21.7 Å². The van der Waals surface area contributed by atoms with E-state index in [2.05, 4.69) is 31.0 Å². The van der Waals surface area contributed by atoms with Gasteiger partial charge in [-0.15, -0.1) is 0 Å². The molecule has 7 nitrogen and oxygen atoms in total. The lowest BCUT2D eigenvalue weighted by molar-refractivity contribution is -0.114. The monoisotopic (exact) mass is 477 g/mol. The summed E-state index contributed by atoms with van der Waals surface area (Å²) in [5, 5.41) is 15.3. The van der Waals surface area contributed by atoms with Gasteiger partial charge in [0.15, 0.2) is 5.84 Å². The number of nitrogens with one attached hydrogen (secondary N) is 1. The van der Waals surface area contributed by atoms with E-state index in [4.69, 9.17) is 9.83 Å². The summed E-state index contributed by atoms with van der Waals surface area (Å²) in [4.78, 5) is 20.7. The molecule has 0 aliphatic carbocycles. The summed E-state index contributed by atoms with van der Waals surface area (Å²) in [5.74, 6) is 0.589. The normalized spacial score (nSPS) is 17.2. The summed E-state index contributed by atoms with van der Waals surface area (Å²) in [6, 6.07) is 15.0. The van der Waals surface area contributed by atoms with Crippen molar-refractivity contribution in [2.45, 2.75) is 0 Å². The Kier molecular flexibility index (Phi) is 4.68. The Hall–Kier alpha value is -3.30. The lowest BCUT2D eigenvalue weighted by atomic mass is 10.1. The molecule has 0 spiro atoms. The van der Waals surface area contributed by atoms with Crippen LogP contribution in [0.1, 0.15) is 11.3 Å². The van der Waals surface area contributed by atoms with Crippen LogP contribution in [-0.2, 0) is 4.79 Å². The lowest BCUT2D eigenvalue weighted by Crippen LogP contribution is -2.35. The highest BCUT2D eigenvalue weighted by Gasteiger charge is 2.36. The Bertz CT molecular complexity index is 1260. The van der Waals surface area contributed by atoms with Gasteiger partial charge in [-0.1, -0.05) is 28.1 Å². The first-order chi connectivity index (χ1) is 14.6. The fraction of sp³-hybridized carbons (Fsp3) is 0. The van der Waals surface area contributed by atoms with Crippen LogP contribution in [0.2, 0.25) is 0 Å². The molecule has 9 heteroatoms. The molecule has 0 saturated heterocycles. The molecule has 2 aliphatic rings. The van der Waals surface area contributed by atoms with Crippen LogP contribution in [0.25, 0.3) is 17.4 Å². The van der Waals surface area contributed by atoms with Crippen molar-refractivity contribution >= 4 is 55.7 Å². The van der Waals surface area contributed by atoms with E-state index < -0.39 is 5.91 Å². The third-order valence-corrected chi connectivity index (χ3v) is 5.89. The van der Waals surface area contributed by atoms with Crippen molar-refractivity contribution in [3.8, 4) is 11.3 Å². The van der Waals surface area contributed by atoms with E-state index in [0.717, 1.165) is 15.6 Å². The summed E-state index contributed by atoms with van der Waals surface area (Å²) in [6.45, 7) is 0. The third kappa shape index (κ3) is 3.42. The number of nitrogens with zero attached hydrogens (tertiary/aromatic N) is 4. The van der Waals surface area contributed by atoms with Crippen molar-refractivity contribution in [1.29, 1.82) is 5.41 Å². The zero-order chi connectivity index (χ0) is 20.7. The molecule has 0 fully saturated rings. The number of amidine groups is 2. The number of hydrogen-bond donors (Lipinski definition) is 1. The van der Waals surface area contributed by atoms with Crippen molar-refractivity contribution in [1.82, 2.24) is 9.99 Å². The molecule has 3 aromatic rings. The first-order valence-corrected chi connectivity index (χ1v) is 10.5. The number of furan rings is 1. The zero-order valence-corrected chi connectivity index (χ0v) is 17.6. The van der Waals surface area contributed by atoms with Gasteiger partial charge in [-0.3, -0.25) is 15.2 Å².